The van der Waals surface area contributed by atoms with Crippen LogP contribution in [0.15, 0.2) is 24.3 Å². The Morgan fingerprint density at radius 2 is 2.27 bits per heavy atom. The zero-order valence-corrected chi connectivity index (χ0v) is 8.14. The number of hydrogen-bond acceptors (Lipinski definition) is 4. The van der Waals surface area contributed by atoms with E-state index < -0.39 is 0 Å². The van der Waals surface area contributed by atoms with Gasteiger partial charge in [-0.1, -0.05) is 12.1 Å². The number of H-pyrrole nitrogens is 1. The van der Waals surface area contributed by atoms with E-state index in [0.29, 0.717) is 11.9 Å². The lowest BCUT2D eigenvalue weighted by Crippen LogP contribution is -2.00. The molecule has 0 spiro atoms. The zero-order valence-electron chi connectivity index (χ0n) is 8.14. The fourth-order valence-corrected chi connectivity index (χ4v) is 1.50. The first-order valence-electron chi connectivity index (χ1n) is 5.02. The molecule has 1 saturated carbocycles. The molecule has 3 rings (SSSR count). The maximum atomic E-state index is 3.95. The fraction of sp³-hybridized carbons (Fsp3) is 0.300. The lowest BCUT2D eigenvalue weighted by molar-refractivity contribution is 0.881. The van der Waals surface area contributed by atoms with Crippen LogP contribution in [0.4, 0.5) is 5.69 Å². The van der Waals surface area contributed by atoms with Gasteiger partial charge in [-0.3, -0.25) is 0 Å². The number of hydrogen-bond donors (Lipinski definition) is 2. The Morgan fingerprint density at radius 1 is 1.33 bits per heavy atom. The molecule has 0 saturated heterocycles. The van der Waals surface area contributed by atoms with Crippen LogP contribution in [0.3, 0.4) is 0 Å². The van der Waals surface area contributed by atoms with Crippen LogP contribution in [0.1, 0.15) is 12.8 Å². The minimum atomic E-state index is 0.634. The molecule has 1 heterocycles. The summed E-state index contributed by atoms with van der Waals surface area (Å²) in [5.74, 6) is 0.634. The van der Waals surface area contributed by atoms with Crippen molar-refractivity contribution in [3.05, 3.63) is 24.3 Å². The molecule has 1 aliphatic carbocycles. The molecule has 0 unspecified atom stereocenters. The lowest BCUT2D eigenvalue weighted by atomic mass is 10.2. The highest BCUT2D eigenvalue weighted by atomic mass is 15.5. The van der Waals surface area contributed by atoms with Crippen molar-refractivity contribution in [1.29, 1.82) is 0 Å². The SMILES string of the molecule is c1cc(NC2CC2)cc(-c2nn[nH]n2)c1. The van der Waals surface area contributed by atoms with Gasteiger partial charge in [-0.25, -0.2) is 0 Å². The molecule has 0 bridgehead atoms. The van der Waals surface area contributed by atoms with Gasteiger partial charge in [-0.15, -0.1) is 10.2 Å². The van der Waals surface area contributed by atoms with Crippen molar-refractivity contribution in [2.45, 2.75) is 18.9 Å². The molecule has 5 heteroatoms. The van der Waals surface area contributed by atoms with E-state index in [0.717, 1.165) is 11.3 Å². The molecule has 5 nitrogen and oxygen atoms in total. The van der Waals surface area contributed by atoms with Gasteiger partial charge in [0.15, 0.2) is 0 Å². The third-order valence-corrected chi connectivity index (χ3v) is 2.41. The van der Waals surface area contributed by atoms with Gasteiger partial charge in [0.1, 0.15) is 0 Å². The Balaban J connectivity index is 1.88. The Bertz CT molecular complexity index is 447. The summed E-state index contributed by atoms with van der Waals surface area (Å²) >= 11 is 0. The summed E-state index contributed by atoms with van der Waals surface area (Å²) in [6, 6.07) is 8.73. The van der Waals surface area contributed by atoms with Crippen molar-refractivity contribution < 1.29 is 0 Å². The van der Waals surface area contributed by atoms with Crippen molar-refractivity contribution >= 4 is 5.69 Å². The molecular formula is C10H11N5. The Hall–Kier alpha value is -1.91. The van der Waals surface area contributed by atoms with E-state index in [2.05, 4.69) is 32.0 Å². The maximum absolute atomic E-state index is 3.95. The summed E-state index contributed by atoms with van der Waals surface area (Å²) in [5, 5.41) is 17.3. The van der Waals surface area contributed by atoms with Crippen LogP contribution in [0.5, 0.6) is 0 Å². The second-order valence-corrected chi connectivity index (χ2v) is 3.73. The van der Waals surface area contributed by atoms with Gasteiger partial charge in [-0.05, 0) is 30.2 Å². The number of benzene rings is 1. The molecule has 0 aliphatic heterocycles. The normalized spacial score (nSPS) is 15.2. The summed E-state index contributed by atoms with van der Waals surface area (Å²) in [6.45, 7) is 0. The second-order valence-electron chi connectivity index (χ2n) is 3.73. The van der Waals surface area contributed by atoms with Crippen LogP contribution >= 0.6 is 0 Å². The Morgan fingerprint density at radius 3 is 3.00 bits per heavy atom. The monoisotopic (exact) mass is 201 g/mol. The number of rotatable bonds is 3. The predicted octanol–water partition coefficient (Wildman–Crippen LogP) is 1.44. The molecule has 0 atom stereocenters. The van der Waals surface area contributed by atoms with Gasteiger partial charge < -0.3 is 5.32 Å². The van der Waals surface area contributed by atoms with E-state index in [-0.39, 0.29) is 0 Å². The van der Waals surface area contributed by atoms with Crippen molar-refractivity contribution in [3.8, 4) is 11.4 Å². The van der Waals surface area contributed by atoms with Crippen molar-refractivity contribution in [3.63, 3.8) is 0 Å². The van der Waals surface area contributed by atoms with Crippen LogP contribution in [0.2, 0.25) is 0 Å². The molecule has 15 heavy (non-hydrogen) atoms. The first kappa shape index (κ1) is 8.40. The highest BCUT2D eigenvalue weighted by Gasteiger charge is 2.20. The number of tetrazole rings is 1. The Labute approximate surface area is 86.9 Å². The quantitative estimate of drug-likeness (QED) is 0.788. The molecule has 1 fully saturated rings. The number of aromatic amines is 1. The molecule has 1 aromatic heterocycles. The second kappa shape index (κ2) is 3.34. The first-order valence-corrected chi connectivity index (χ1v) is 5.02. The first-order chi connectivity index (χ1) is 7.42. The minimum absolute atomic E-state index is 0.634. The van der Waals surface area contributed by atoms with Gasteiger partial charge in [0.05, 0.1) is 0 Å². The molecule has 1 aromatic carbocycles. The smallest absolute Gasteiger partial charge is 0.204 e. The van der Waals surface area contributed by atoms with Gasteiger partial charge in [0, 0.05) is 17.3 Å². The summed E-state index contributed by atoms with van der Waals surface area (Å²) in [4.78, 5) is 0. The van der Waals surface area contributed by atoms with Crippen LogP contribution < -0.4 is 5.32 Å². The molecular weight excluding hydrogens is 190 g/mol. The average molecular weight is 201 g/mol. The summed E-state index contributed by atoms with van der Waals surface area (Å²) in [6.07, 6.45) is 2.54. The van der Waals surface area contributed by atoms with Gasteiger partial charge in [-0.2, -0.15) is 5.21 Å². The third kappa shape index (κ3) is 1.81. The van der Waals surface area contributed by atoms with Crippen LogP contribution in [-0.4, -0.2) is 26.7 Å². The van der Waals surface area contributed by atoms with Crippen molar-refractivity contribution in [1.82, 2.24) is 20.6 Å². The van der Waals surface area contributed by atoms with E-state index in [1.807, 2.05) is 18.2 Å². The van der Waals surface area contributed by atoms with E-state index in [1.54, 1.807) is 0 Å². The molecule has 2 aromatic rings. The molecule has 0 amide bonds. The van der Waals surface area contributed by atoms with Crippen LogP contribution in [-0.2, 0) is 0 Å². The minimum Gasteiger partial charge on any atom is -0.382 e. The fourth-order valence-electron chi connectivity index (χ4n) is 1.50. The highest BCUT2D eigenvalue weighted by Crippen LogP contribution is 2.26. The van der Waals surface area contributed by atoms with E-state index >= 15 is 0 Å². The largest absolute Gasteiger partial charge is 0.382 e. The standard InChI is InChI=1S/C10H11N5/c1-2-7(10-12-14-15-13-10)6-9(3-1)11-8-4-5-8/h1-3,6,8,11H,4-5H2,(H,12,13,14,15). The molecule has 1 aliphatic rings. The van der Waals surface area contributed by atoms with Gasteiger partial charge in [0.25, 0.3) is 0 Å². The molecule has 76 valence electrons. The number of aromatic nitrogens is 4. The topological polar surface area (TPSA) is 66.5 Å². The number of nitrogens with zero attached hydrogens (tertiary/aromatic N) is 3. The van der Waals surface area contributed by atoms with E-state index in [1.165, 1.54) is 12.8 Å². The van der Waals surface area contributed by atoms with Crippen LogP contribution in [0.25, 0.3) is 11.4 Å². The molecule has 2 N–H and O–H groups in total. The summed E-state index contributed by atoms with van der Waals surface area (Å²) in [5.41, 5.74) is 2.11. The summed E-state index contributed by atoms with van der Waals surface area (Å²) in [7, 11) is 0. The number of anilines is 1. The van der Waals surface area contributed by atoms with Crippen LogP contribution in [0, 0.1) is 0 Å². The number of nitrogens with one attached hydrogen (secondary N) is 2. The maximum Gasteiger partial charge on any atom is 0.204 e. The van der Waals surface area contributed by atoms with E-state index in [4.69, 9.17) is 0 Å². The predicted molar refractivity (Wildman–Crippen MR) is 56.3 cm³/mol. The van der Waals surface area contributed by atoms with Gasteiger partial charge >= 0.3 is 0 Å². The average Bonchev–Trinajstić information content (AvgIpc) is 2.91. The van der Waals surface area contributed by atoms with E-state index in [9.17, 15) is 0 Å². The molecule has 0 radical (unpaired) electrons. The zero-order chi connectivity index (χ0) is 10.1. The summed E-state index contributed by atoms with van der Waals surface area (Å²) < 4.78 is 0. The Kier molecular flexibility index (Phi) is 1.87. The third-order valence-electron chi connectivity index (χ3n) is 2.41. The highest BCUT2D eigenvalue weighted by molar-refractivity contribution is 5.62. The lowest BCUT2D eigenvalue weighted by Gasteiger charge is -2.04. The van der Waals surface area contributed by atoms with Crippen molar-refractivity contribution in [2.75, 3.05) is 5.32 Å². The van der Waals surface area contributed by atoms with Gasteiger partial charge in [0.2, 0.25) is 5.82 Å². The van der Waals surface area contributed by atoms with Crippen molar-refractivity contribution in [2.24, 2.45) is 0 Å².